The van der Waals surface area contributed by atoms with Gasteiger partial charge in [0.25, 0.3) is 0 Å². The highest BCUT2D eigenvalue weighted by Crippen LogP contribution is 2.39. The van der Waals surface area contributed by atoms with E-state index in [0.717, 1.165) is 15.4 Å². The van der Waals surface area contributed by atoms with E-state index in [1.807, 2.05) is 19.9 Å². The summed E-state index contributed by atoms with van der Waals surface area (Å²) in [6.07, 6.45) is 5.58. The van der Waals surface area contributed by atoms with E-state index in [-0.39, 0.29) is 25.0 Å². The zero-order valence-corrected chi connectivity index (χ0v) is 25.5. The largest absolute Gasteiger partial charge is 0.494 e. The van der Waals surface area contributed by atoms with Crippen molar-refractivity contribution in [3.05, 3.63) is 66.0 Å². The fourth-order valence-electron chi connectivity index (χ4n) is 4.35. The monoisotopic (exact) mass is 597 g/mol. The van der Waals surface area contributed by atoms with Crippen molar-refractivity contribution in [2.24, 2.45) is 0 Å². The number of ether oxygens (including phenoxy) is 4. The van der Waals surface area contributed by atoms with Crippen molar-refractivity contribution in [3.8, 4) is 28.6 Å². The summed E-state index contributed by atoms with van der Waals surface area (Å²) in [4.78, 5) is 13.0. The van der Waals surface area contributed by atoms with Crippen LogP contribution in [0.15, 0.2) is 49.1 Å². The minimum absolute atomic E-state index is 0.00150. The van der Waals surface area contributed by atoms with Crippen molar-refractivity contribution >= 4 is 16.0 Å². The van der Waals surface area contributed by atoms with Gasteiger partial charge in [0.1, 0.15) is 28.5 Å². The van der Waals surface area contributed by atoms with Gasteiger partial charge in [0.2, 0.25) is 16.0 Å². The molecule has 0 bridgehead atoms. The van der Waals surface area contributed by atoms with E-state index >= 15 is 0 Å². The molecule has 0 unspecified atom stereocenters. The van der Waals surface area contributed by atoms with Crippen LogP contribution in [0.1, 0.15) is 30.0 Å². The summed E-state index contributed by atoms with van der Waals surface area (Å²) < 4.78 is 53.6. The minimum Gasteiger partial charge on any atom is -0.494 e. The van der Waals surface area contributed by atoms with Crippen LogP contribution < -0.4 is 13.8 Å². The van der Waals surface area contributed by atoms with Crippen molar-refractivity contribution in [2.45, 2.75) is 32.1 Å². The Kier molecular flexibility index (Phi) is 9.70. The summed E-state index contributed by atoms with van der Waals surface area (Å²) in [5.74, 6) is 1.42. The second-order valence-electron chi connectivity index (χ2n) is 9.54. The first-order chi connectivity index (χ1) is 20.1. The molecule has 3 heterocycles. The maximum absolute atomic E-state index is 14.2. The number of hydrogen-bond donors (Lipinski definition) is 0. The Bertz CT molecular complexity index is 1590. The predicted molar refractivity (Wildman–Crippen MR) is 157 cm³/mol. The lowest BCUT2D eigenvalue weighted by Gasteiger charge is -2.28. The molecule has 13 nitrogen and oxygen atoms in total. The Hall–Kier alpha value is -4.14. The lowest BCUT2D eigenvalue weighted by molar-refractivity contribution is 0.0118. The normalized spacial score (nSPS) is 13.0. The van der Waals surface area contributed by atoms with Crippen molar-refractivity contribution in [2.75, 3.05) is 45.9 Å². The van der Waals surface area contributed by atoms with Gasteiger partial charge in [-0.05, 0) is 50.1 Å². The number of benzene rings is 1. The average molecular weight is 598 g/mol. The Morgan fingerprint density at radius 1 is 0.929 bits per heavy atom. The topological polar surface area (TPSA) is 144 Å². The third-order valence-electron chi connectivity index (χ3n) is 6.60. The maximum Gasteiger partial charge on any atom is 0.245 e. The Morgan fingerprint density at radius 3 is 2.19 bits per heavy atom. The zero-order valence-electron chi connectivity index (χ0n) is 24.7. The van der Waals surface area contributed by atoms with Crippen LogP contribution in [0.2, 0.25) is 0 Å². The van der Waals surface area contributed by atoms with Gasteiger partial charge in [-0.25, -0.2) is 22.7 Å². The average Bonchev–Trinajstić information content (AvgIpc) is 3.43. The third kappa shape index (κ3) is 6.20. The molecular formula is C28H35N7O6S. The number of methoxy groups -OCH3 is 3. The number of aryl methyl sites for hydroxylation is 2. The first kappa shape index (κ1) is 30.8. The van der Waals surface area contributed by atoms with E-state index in [2.05, 4.69) is 25.1 Å². The Morgan fingerprint density at radius 2 is 1.60 bits per heavy atom. The van der Waals surface area contributed by atoms with Crippen molar-refractivity contribution in [1.29, 1.82) is 0 Å². The van der Waals surface area contributed by atoms with Crippen LogP contribution in [0, 0.1) is 13.8 Å². The molecule has 0 fully saturated rings. The van der Waals surface area contributed by atoms with Gasteiger partial charge in [-0.1, -0.05) is 6.07 Å². The number of nitrogens with zero attached hydrogens (tertiary/aromatic N) is 7. The summed E-state index contributed by atoms with van der Waals surface area (Å²) in [6, 6.07) is 7.13. The van der Waals surface area contributed by atoms with E-state index in [1.165, 1.54) is 28.4 Å². The number of rotatable bonds is 13. The molecule has 14 heteroatoms. The molecule has 0 amide bonds. The number of hydrogen-bond acceptors (Lipinski definition) is 11. The third-order valence-corrected chi connectivity index (χ3v) is 8.72. The highest BCUT2D eigenvalue weighted by Gasteiger charge is 2.39. The van der Waals surface area contributed by atoms with Crippen LogP contribution in [-0.2, 0) is 19.5 Å². The molecule has 1 aromatic carbocycles. The molecule has 4 aromatic rings. The molecule has 224 valence electrons. The SMILES string of the molecule is COCCO[C@@H](c1ncc(C)cn1)[C@@H](C)S(=O)(=O)N(C)c1nnc(-c2cncc(C)c2)n1-c1c(OC)cccc1OC. The first-order valence-electron chi connectivity index (χ1n) is 13.1. The number of sulfonamides is 1. The van der Waals surface area contributed by atoms with Gasteiger partial charge in [-0.15, -0.1) is 10.2 Å². The lowest BCUT2D eigenvalue weighted by Crippen LogP contribution is -2.40. The molecule has 3 aromatic heterocycles. The smallest absolute Gasteiger partial charge is 0.245 e. The predicted octanol–water partition coefficient (Wildman–Crippen LogP) is 3.31. The molecule has 42 heavy (non-hydrogen) atoms. The number of pyridine rings is 1. The highest BCUT2D eigenvalue weighted by atomic mass is 32.2. The van der Waals surface area contributed by atoms with E-state index < -0.39 is 21.4 Å². The molecule has 0 aliphatic carbocycles. The van der Waals surface area contributed by atoms with Crippen LogP contribution in [-0.4, -0.2) is 85.0 Å². The standard InChI is InChI=1S/C28H35N7O6S/c1-18-13-21(17-29-14-18)27-32-33-28(35(27)24-22(39-6)9-8-10-23(24)40-7)34(4)42(36,37)20(3)25(41-12-11-38-5)26-30-15-19(2)16-31-26/h8-10,13-17,20,25H,11-12H2,1-7H3/t20-,25-/m1/s1. The molecule has 2 atom stereocenters. The van der Waals surface area contributed by atoms with Crippen LogP contribution in [0.25, 0.3) is 17.1 Å². The molecular weight excluding hydrogens is 562 g/mol. The molecule has 0 aliphatic rings. The van der Waals surface area contributed by atoms with Gasteiger partial charge in [0.05, 0.1) is 27.4 Å². The molecule has 0 saturated heterocycles. The molecule has 0 aliphatic heterocycles. The fraction of sp³-hybridized carbons (Fsp3) is 0.393. The maximum atomic E-state index is 14.2. The van der Waals surface area contributed by atoms with Gasteiger partial charge < -0.3 is 18.9 Å². The van der Waals surface area contributed by atoms with Gasteiger partial charge in [-0.2, -0.15) is 0 Å². The van der Waals surface area contributed by atoms with Crippen LogP contribution in [0.4, 0.5) is 5.95 Å². The second-order valence-corrected chi connectivity index (χ2v) is 11.9. The highest BCUT2D eigenvalue weighted by molar-refractivity contribution is 7.93. The summed E-state index contributed by atoms with van der Waals surface area (Å²) in [7, 11) is 1.81. The zero-order chi connectivity index (χ0) is 30.4. The van der Waals surface area contributed by atoms with E-state index in [1.54, 1.807) is 54.5 Å². The molecule has 0 saturated carbocycles. The van der Waals surface area contributed by atoms with Crippen LogP contribution >= 0.6 is 0 Å². The molecule has 0 N–H and O–H groups in total. The van der Waals surface area contributed by atoms with Gasteiger partial charge in [0.15, 0.2) is 11.6 Å². The van der Waals surface area contributed by atoms with Gasteiger partial charge >= 0.3 is 0 Å². The first-order valence-corrected chi connectivity index (χ1v) is 14.6. The summed E-state index contributed by atoms with van der Waals surface area (Å²) >= 11 is 0. The van der Waals surface area contributed by atoms with Crippen molar-refractivity contribution < 1.29 is 27.4 Å². The number of para-hydroxylation sites is 1. The summed E-state index contributed by atoms with van der Waals surface area (Å²) in [5.41, 5.74) is 2.76. The van der Waals surface area contributed by atoms with Gasteiger partial charge in [-0.3, -0.25) is 9.55 Å². The fourth-order valence-corrected chi connectivity index (χ4v) is 5.71. The van der Waals surface area contributed by atoms with E-state index in [4.69, 9.17) is 18.9 Å². The quantitative estimate of drug-likeness (QED) is 0.209. The minimum atomic E-state index is -4.17. The summed E-state index contributed by atoms with van der Waals surface area (Å²) in [5, 5.41) is 7.62. The lowest BCUT2D eigenvalue weighted by atomic mass is 10.2. The second kappa shape index (κ2) is 13.2. The molecule has 4 rings (SSSR count). The van der Waals surface area contributed by atoms with Crippen molar-refractivity contribution in [1.82, 2.24) is 29.7 Å². The Labute approximate surface area is 245 Å². The number of aromatic nitrogens is 6. The van der Waals surface area contributed by atoms with Gasteiger partial charge in [0, 0.05) is 44.5 Å². The van der Waals surface area contributed by atoms with E-state index in [0.29, 0.717) is 28.6 Å². The number of anilines is 1. The van der Waals surface area contributed by atoms with Crippen molar-refractivity contribution in [3.63, 3.8) is 0 Å². The molecule has 0 radical (unpaired) electrons. The molecule has 0 spiro atoms. The summed E-state index contributed by atoms with van der Waals surface area (Å²) in [6.45, 7) is 5.69. The van der Waals surface area contributed by atoms with Crippen LogP contribution in [0.5, 0.6) is 11.5 Å². The van der Waals surface area contributed by atoms with E-state index in [9.17, 15) is 8.42 Å². The Balaban J connectivity index is 1.87. The van der Waals surface area contributed by atoms with Crippen LogP contribution in [0.3, 0.4) is 0 Å².